The number of H-pyrrole nitrogens is 1. The van der Waals surface area contributed by atoms with Crippen LogP contribution in [0.15, 0.2) is 39.6 Å². The maximum absolute atomic E-state index is 12.0. The minimum Gasteiger partial charge on any atom is -0.492 e. The largest absolute Gasteiger partial charge is 0.492 e. The smallest absolute Gasteiger partial charge is 0.269 e. The molecule has 0 atom stereocenters. The van der Waals surface area contributed by atoms with Crippen LogP contribution in [0.25, 0.3) is 0 Å². The summed E-state index contributed by atoms with van der Waals surface area (Å²) in [5.41, 5.74) is 0.504. The number of nitrogens with zero attached hydrogens (tertiary/aromatic N) is 1. The highest BCUT2D eigenvalue weighted by Gasteiger charge is 2.38. The van der Waals surface area contributed by atoms with E-state index in [4.69, 9.17) is 0 Å². The third kappa shape index (κ3) is 2.50. The molecule has 2 aromatic rings. The standard InChI is InChI=1S/C16H17BrN2O2/c17-12-13(20)18-15(19-14(12)21)16(9-5-2-6-10-16)11-7-3-1-4-8-11/h1,3-4,7-8H,2,5-6,9-10H2,(H2,18,19,20,21). The lowest BCUT2D eigenvalue weighted by Gasteiger charge is -2.36. The molecule has 1 heterocycles. The van der Waals surface area contributed by atoms with Crippen molar-refractivity contribution in [1.29, 1.82) is 0 Å². The summed E-state index contributed by atoms with van der Waals surface area (Å²) in [6.07, 6.45) is 5.24. The van der Waals surface area contributed by atoms with Crippen LogP contribution in [0.2, 0.25) is 0 Å². The van der Waals surface area contributed by atoms with E-state index >= 15 is 0 Å². The van der Waals surface area contributed by atoms with Crippen molar-refractivity contribution in [3.8, 4) is 5.88 Å². The minimum absolute atomic E-state index is 0.0882. The lowest BCUT2D eigenvalue weighted by molar-refractivity contribution is 0.323. The number of aromatic nitrogens is 2. The molecule has 0 unspecified atom stereocenters. The molecule has 1 aromatic heterocycles. The highest BCUT2D eigenvalue weighted by molar-refractivity contribution is 9.10. The Labute approximate surface area is 131 Å². The van der Waals surface area contributed by atoms with Gasteiger partial charge in [0.1, 0.15) is 10.3 Å². The molecular formula is C16H17BrN2O2. The average Bonchev–Trinajstić information content (AvgIpc) is 2.53. The van der Waals surface area contributed by atoms with E-state index < -0.39 is 0 Å². The summed E-state index contributed by atoms with van der Waals surface area (Å²) in [5, 5.41) is 9.89. The summed E-state index contributed by atoms with van der Waals surface area (Å²) in [7, 11) is 0. The highest BCUT2D eigenvalue weighted by Crippen LogP contribution is 2.43. The fraction of sp³-hybridized carbons (Fsp3) is 0.375. The molecule has 4 nitrogen and oxygen atoms in total. The molecule has 1 saturated carbocycles. The van der Waals surface area contributed by atoms with Crippen LogP contribution in [0, 0.1) is 0 Å². The Bertz CT molecular complexity index is 691. The molecule has 0 saturated heterocycles. The van der Waals surface area contributed by atoms with Crippen molar-refractivity contribution in [1.82, 2.24) is 9.97 Å². The predicted molar refractivity (Wildman–Crippen MR) is 84.5 cm³/mol. The van der Waals surface area contributed by atoms with Gasteiger partial charge in [0.15, 0.2) is 0 Å². The van der Waals surface area contributed by atoms with Gasteiger partial charge in [0.05, 0.1) is 5.41 Å². The molecule has 5 heteroatoms. The average molecular weight is 349 g/mol. The zero-order valence-electron chi connectivity index (χ0n) is 11.6. The van der Waals surface area contributed by atoms with Gasteiger partial charge in [-0.2, -0.15) is 4.98 Å². The summed E-state index contributed by atoms with van der Waals surface area (Å²) >= 11 is 3.05. The molecule has 0 amide bonds. The second-order valence-corrected chi connectivity index (χ2v) is 6.35. The topological polar surface area (TPSA) is 66.0 Å². The first-order chi connectivity index (χ1) is 10.1. The Hall–Kier alpha value is -1.62. The third-order valence-electron chi connectivity index (χ3n) is 4.33. The summed E-state index contributed by atoms with van der Waals surface area (Å²) < 4.78 is 0.0882. The fourth-order valence-corrected chi connectivity index (χ4v) is 3.44. The molecule has 1 aliphatic carbocycles. The number of benzene rings is 1. The van der Waals surface area contributed by atoms with Crippen molar-refractivity contribution in [2.24, 2.45) is 0 Å². The monoisotopic (exact) mass is 348 g/mol. The van der Waals surface area contributed by atoms with Gasteiger partial charge >= 0.3 is 0 Å². The van der Waals surface area contributed by atoms with E-state index in [-0.39, 0.29) is 21.3 Å². The number of hydrogen-bond acceptors (Lipinski definition) is 3. The first kappa shape index (κ1) is 14.3. The molecular weight excluding hydrogens is 332 g/mol. The Kier molecular flexibility index (Phi) is 3.85. The molecule has 1 aliphatic rings. The van der Waals surface area contributed by atoms with Crippen molar-refractivity contribution >= 4 is 15.9 Å². The maximum atomic E-state index is 12.0. The van der Waals surface area contributed by atoms with Crippen LogP contribution in [0.5, 0.6) is 5.88 Å². The number of hydrogen-bond donors (Lipinski definition) is 2. The Morgan fingerprint density at radius 3 is 2.43 bits per heavy atom. The zero-order chi connectivity index (χ0) is 14.9. The molecule has 2 N–H and O–H groups in total. The van der Waals surface area contributed by atoms with Crippen LogP contribution in [0.4, 0.5) is 0 Å². The van der Waals surface area contributed by atoms with E-state index in [0.29, 0.717) is 5.82 Å². The summed E-state index contributed by atoms with van der Waals surface area (Å²) in [4.78, 5) is 19.1. The third-order valence-corrected chi connectivity index (χ3v) is 5.05. The van der Waals surface area contributed by atoms with Crippen LogP contribution in [0.1, 0.15) is 43.5 Å². The molecule has 3 rings (SSSR count). The van der Waals surface area contributed by atoms with E-state index in [0.717, 1.165) is 31.2 Å². The van der Waals surface area contributed by atoms with Gasteiger partial charge in [0.25, 0.3) is 5.56 Å². The second kappa shape index (κ2) is 5.64. The van der Waals surface area contributed by atoms with E-state index in [1.807, 2.05) is 18.2 Å². The minimum atomic E-state index is -0.335. The summed E-state index contributed by atoms with van der Waals surface area (Å²) in [5.74, 6) is 0.328. The lowest BCUT2D eigenvalue weighted by atomic mass is 9.69. The lowest BCUT2D eigenvalue weighted by Crippen LogP contribution is -2.34. The molecule has 110 valence electrons. The van der Waals surface area contributed by atoms with Gasteiger partial charge in [0, 0.05) is 0 Å². The first-order valence-electron chi connectivity index (χ1n) is 7.18. The number of aromatic hydroxyl groups is 1. The maximum Gasteiger partial charge on any atom is 0.269 e. The van der Waals surface area contributed by atoms with E-state index in [1.54, 1.807) is 0 Å². The fourth-order valence-electron chi connectivity index (χ4n) is 3.25. The summed E-state index contributed by atoms with van der Waals surface area (Å²) in [6, 6.07) is 10.1. The molecule has 0 spiro atoms. The van der Waals surface area contributed by atoms with Crippen molar-refractivity contribution in [2.45, 2.75) is 37.5 Å². The molecule has 0 aliphatic heterocycles. The molecule has 1 fully saturated rings. The first-order valence-corrected chi connectivity index (χ1v) is 7.97. The van der Waals surface area contributed by atoms with Crippen LogP contribution < -0.4 is 5.56 Å². The van der Waals surface area contributed by atoms with E-state index in [2.05, 4.69) is 38.0 Å². The Balaban J connectivity index is 2.19. The SMILES string of the molecule is O=c1[nH]c(C2(c3ccccc3)CCCCC2)nc(O)c1Br. The van der Waals surface area contributed by atoms with Crippen LogP contribution in [-0.2, 0) is 5.41 Å². The van der Waals surface area contributed by atoms with Crippen molar-refractivity contribution < 1.29 is 5.11 Å². The van der Waals surface area contributed by atoms with Gasteiger partial charge in [-0.25, -0.2) is 0 Å². The van der Waals surface area contributed by atoms with Crippen LogP contribution >= 0.6 is 15.9 Å². The second-order valence-electron chi connectivity index (χ2n) is 5.56. The zero-order valence-corrected chi connectivity index (χ0v) is 13.2. The van der Waals surface area contributed by atoms with E-state index in [1.165, 1.54) is 6.42 Å². The van der Waals surface area contributed by atoms with Gasteiger partial charge in [0.2, 0.25) is 5.88 Å². The predicted octanol–water partition coefficient (Wildman–Crippen LogP) is 3.49. The van der Waals surface area contributed by atoms with Crippen molar-refractivity contribution in [3.05, 3.63) is 56.5 Å². The van der Waals surface area contributed by atoms with Gasteiger partial charge in [-0.05, 0) is 34.3 Å². The quantitative estimate of drug-likeness (QED) is 0.872. The van der Waals surface area contributed by atoms with Crippen molar-refractivity contribution in [3.63, 3.8) is 0 Å². The van der Waals surface area contributed by atoms with Crippen molar-refractivity contribution in [2.75, 3.05) is 0 Å². The number of halogens is 1. The molecule has 0 radical (unpaired) electrons. The van der Waals surface area contributed by atoms with Crippen LogP contribution in [-0.4, -0.2) is 15.1 Å². The van der Waals surface area contributed by atoms with E-state index in [9.17, 15) is 9.90 Å². The molecule has 1 aromatic carbocycles. The van der Waals surface area contributed by atoms with Gasteiger partial charge < -0.3 is 10.1 Å². The summed E-state index contributed by atoms with van der Waals surface area (Å²) in [6.45, 7) is 0. The Morgan fingerprint density at radius 2 is 1.81 bits per heavy atom. The number of rotatable bonds is 2. The number of nitrogens with one attached hydrogen (secondary N) is 1. The normalized spacial score (nSPS) is 17.6. The van der Waals surface area contributed by atoms with Gasteiger partial charge in [-0.3, -0.25) is 4.79 Å². The van der Waals surface area contributed by atoms with Gasteiger partial charge in [-0.15, -0.1) is 0 Å². The molecule has 21 heavy (non-hydrogen) atoms. The highest BCUT2D eigenvalue weighted by atomic mass is 79.9. The van der Waals surface area contributed by atoms with Crippen LogP contribution in [0.3, 0.4) is 0 Å². The Morgan fingerprint density at radius 1 is 1.14 bits per heavy atom. The molecule has 0 bridgehead atoms. The van der Waals surface area contributed by atoms with Gasteiger partial charge in [-0.1, -0.05) is 49.6 Å². The number of aromatic amines is 1.